The Morgan fingerprint density at radius 2 is 1.63 bits per heavy atom. The van der Waals surface area contributed by atoms with E-state index in [9.17, 15) is 24.0 Å². The van der Waals surface area contributed by atoms with E-state index in [1.165, 1.54) is 11.0 Å². The molecule has 0 aliphatic carbocycles. The molecule has 4 atom stereocenters. The zero-order chi connectivity index (χ0) is 35.8. The van der Waals surface area contributed by atoms with Crippen LogP contribution in [-0.4, -0.2) is 89.0 Å². The molecule has 0 radical (unpaired) electrons. The Morgan fingerprint density at radius 3 is 2.24 bits per heavy atom. The molecule has 0 unspecified atom stereocenters. The van der Waals surface area contributed by atoms with Crippen LogP contribution in [0.4, 0.5) is 0 Å². The predicted molar refractivity (Wildman–Crippen MR) is 181 cm³/mol. The smallest absolute Gasteiger partial charge is 0.274 e. The molecule has 0 saturated carbocycles. The van der Waals surface area contributed by atoms with Gasteiger partial charge in [-0.15, -0.1) is 0 Å². The first-order valence-corrected chi connectivity index (χ1v) is 16.5. The highest BCUT2D eigenvalue weighted by molar-refractivity contribution is 5.97. The molecule has 5 N–H and O–H groups in total. The SMILES string of the molecule is COc1ccc(C[C@@H]2NC(=O)[C@H](CC(C)C)NC(=O)CN(C(=O)c3cc(-c4ccc(C)o4)[nH]n3)C[C@H](C(C)C)NC(=O)[C@@H](C)NC2=O)cc1. The van der Waals surface area contributed by atoms with E-state index in [0.29, 0.717) is 23.0 Å². The molecule has 14 nitrogen and oxygen atoms in total. The van der Waals surface area contributed by atoms with Crippen LogP contribution < -0.4 is 26.0 Å². The summed E-state index contributed by atoms with van der Waals surface area (Å²) in [5.41, 5.74) is 1.27. The molecule has 4 rings (SSSR count). The Hall–Kier alpha value is -5.14. The third-order valence-electron chi connectivity index (χ3n) is 8.32. The van der Waals surface area contributed by atoms with Gasteiger partial charge in [-0.2, -0.15) is 5.10 Å². The van der Waals surface area contributed by atoms with Gasteiger partial charge < -0.3 is 35.3 Å². The van der Waals surface area contributed by atoms with E-state index >= 15 is 0 Å². The third-order valence-corrected chi connectivity index (χ3v) is 8.32. The number of methoxy groups -OCH3 is 1. The first-order valence-electron chi connectivity index (χ1n) is 16.5. The van der Waals surface area contributed by atoms with Crippen LogP contribution in [-0.2, 0) is 25.6 Å². The molecule has 1 fully saturated rings. The monoisotopic (exact) mass is 677 g/mol. The van der Waals surface area contributed by atoms with Crippen LogP contribution in [0.25, 0.3) is 11.5 Å². The van der Waals surface area contributed by atoms with Crippen molar-refractivity contribution in [1.82, 2.24) is 36.4 Å². The van der Waals surface area contributed by atoms with Crippen molar-refractivity contribution in [2.45, 2.75) is 78.6 Å². The van der Waals surface area contributed by atoms with Crippen molar-refractivity contribution in [2.75, 3.05) is 20.2 Å². The number of hydrogen-bond donors (Lipinski definition) is 5. The number of nitrogens with one attached hydrogen (secondary N) is 5. The van der Waals surface area contributed by atoms with Crippen LogP contribution in [0.1, 0.15) is 62.9 Å². The maximum Gasteiger partial charge on any atom is 0.274 e. The zero-order valence-electron chi connectivity index (χ0n) is 29.1. The Morgan fingerprint density at radius 1 is 0.939 bits per heavy atom. The van der Waals surface area contributed by atoms with Crippen LogP contribution in [0.2, 0.25) is 0 Å². The molecule has 49 heavy (non-hydrogen) atoms. The molecular formula is C35H47N7O7. The van der Waals surface area contributed by atoms with E-state index in [1.807, 2.05) is 27.7 Å². The fourth-order valence-electron chi connectivity index (χ4n) is 5.46. The van der Waals surface area contributed by atoms with E-state index in [1.54, 1.807) is 57.4 Å². The van der Waals surface area contributed by atoms with Gasteiger partial charge in [0.05, 0.1) is 13.7 Å². The quantitative estimate of drug-likeness (QED) is 0.240. The van der Waals surface area contributed by atoms with E-state index in [4.69, 9.17) is 9.15 Å². The van der Waals surface area contributed by atoms with Gasteiger partial charge in [-0.1, -0.05) is 39.8 Å². The van der Waals surface area contributed by atoms with Crippen LogP contribution >= 0.6 is 0 Å². The largest absolute Gasteiger partial charge is 0.497 e. The van der Waals surface area contributed by atoms with Crippen molar-refractivity contribution in [3.05, 3.63) is 59.5 Å². The van der Waals surface area contributed by atoms with Gasteiger partial charge in [-0.3, -0.25) is 29.1 Å². The number of aromatic nitrogens is 2. The summed E-state index contributed by atoms with van der Waals surface area (Å²) in [7, 11) is 1.55. The maximum absolute atomic E-state index is 13.9. The molecule has 14 heteroatoms. The summed E-state index contributed by atoms with van der Waals surface area (Å²) < 4.78 is 10.9. The summed E-state index contributed by atoms with van der Waals surface area (Å²) in [4.78, 5) is 69.6. The number of aromatic amines is 1. The van der Waals surface area contributed by atoms with Crippen molar-refractivity contribution < 1.29 is 33.1 Å². The standard InChI is InChI=1S/C35H47N7O7/c1-19(2)14-26-34(46)38-27(15-23-9-11-24(48-7)12-10-23)33(45)36-22(6)32(44)39-29(20(3)4)17-42(18-31(43)37-26)35(47)28-16-25(40-41-28)30-13-8-21(5)49-30/h8-13,16,19-20,22,26-27,29H,14-15,17-18H2,1-7H3,(H,36,45)(H,37,43)(H,38,46)(H,39,44)(H,40,41)/t22-,26+,27+,29-/m1/s1. The number of rotatable bonds is 8. The lowest BCUT2D eigenvalue weighted by molar-refractivity contribution is -0.133. The van der Waals surface area contributed by atoms with Gasteiger partial charge in [-0.05, 0) is 61.9 Å². The van der Waals surface area contributed by atoms with Crippen molar-refractivity contribution in [3.8, 4) is 17.2 Å². The number of carbonyl (C=O) groups excluding carboxylic acids is 5. The first kappa shape index (κ1) is 36.7. The van der Waals surface area contributed by atoms with E-state index in [-0.39, 0.29) is 36.9 Å². The number of aryl methyl sites for hydroxylation is 1. The third kappa shape index (κ3) is 9.94. The lowest BCUT2D eigenvalue weighted by Gasteiger charge is -2.31. The van der Waals surface area contributed by atoms with Crippen LogP contribution in [0.15, 0.2) is 46.9 Å². The minimum Gasteiger partial charge on any atom is -0.497 e. The highest BCUT2D eigenvalue weighted by atomic mass is 16.5. The summed E-state index contributed by atoms with van der Waals surface area (Å²) >= 11 is 0. The van der Waals surface area contributed by atoms with Crippen molar-refractivity contribution in [3.63, 3.8) is 0 Å². The van der Waals surface area contributed by atoms with E-state index in [0.717, 1.165) is 5.56 Å². The second kappa shape index (κ2) is 16.3. The van der Waals surface area contributed by atoms with Gasteiger partial charge in [0.15, 0.2) is 11.5 Å². The summed E-state index contributed by atoms with van der Waals surface area (Å²) in [6.07, 6.45) is 0.400. The highest BCUT2D eigenvalue weighted by Gasteiger charge is 2.33. The maximum atomic E-state index is 13.9. The number of hydrogen-bond acceptors (Lipinski definition) is 8. The Kier molecular flexibility index (Phi) is 12.2. The lowest BCUT2D eigenvalue weighted by Crippen LogP contribution is -2.57. The van der Waals surface area contributed by atoms with Gasteiger partial charge in [0, 0.05) is 25.1 Å². The number of nitrogens with zero attached hydrogens (tertiary/aromatic N) is 2. The molecule has 1 saturated heterocycles. The minimum atomic E-state index is -1.06. The molecule has 1 aliphatic heterocycles. The minimum absolute atomic E-state index is 0.00427. The van der Waals surface area contributed by atoms with Crippen molar-refractivity contribution >= 4 is 29.5 Å². The fourth-order valence-corrected chi connectivity index (χ4v) is 5.46. The Balaban J connectivity index is 1.66. The highest BCUT2D eigenvalue weighted by Crippen LogP contribution is 2.21. The molecule has 264 valence electrons. The Bertz CT molecular complexity index is 1630. The molecule has 0 bridgehead atoms. The van der Waals surface area contributed by atoms with E-state index in [2.05, 4.69) is 31.5 Å². The average molecular weight is 678 g/mol. The second-order valence-electron chi connectivity index (χ2n) is 13.2. The van der Waals surface area contributed by atoms with Crippen LogP contribution in [0.5, 0.6) is 5.75 Å². The zero-order valence-corrected chi connectivity index (χ0v) is 29.1. The molecule has 3 heterocycles. The summed E-state index contributed by atoms with van der Waals surface area (Å²) in [5.74, 6) is -1.09. The lowest BCUT2D eigenvalue weighted by atomic mass is 10.0. The molecule has 2 aromatic heterocycles. The summed E-state index contributed by atoms with van der Waals surface area (Å²) in [6.45, 7) is 10.5. The average Bonchev–Trinajstić information content (AvgIpc) is 3.72. The van der Waals surface area contributed by atoms with Crippen LogP contribution in [0, 0.1) is 18.8 Å². The van der Waals surface area contributed by atoms with Crippen LogP contribution in [0.3, 0.4) is 0 Å². The van der Waals surface area contributed by atoms with Gasteiger partial charge >= 0.3 is 0 Å². The molecule has 5 amide bonds. The predicted octanol–water partition coefficient (Wildman–Crippen LogP) is 2.35. The van der Waals surface area contributed by atoms with Gasteiger partial charge in [0.25, 0.3) is 5.91 Å². The number of carbonyl (C=O) groups is 5. The number of furan rings is 1. The van der Waals surface area contributed by atoms with Gasteiger partial charge in [-0.25, -0.2) is 0 Å². The fraction of sp³-hybridized carbons (Fsp3) is 0.486. The summed E-state index contributed by atoms with van der Waals surface area (Å²) in [6, 6.07) is 8.51. The normalized spacial score (nSPS) is 21.4. The molecule has 3 aromatic rings. The van der Waals surface area contributed by atoms with Crippen molar-refractivity contribution in [1.29, 1.82) is 0 Å². The number of benzene rings is 1. The molecule has 0 spiro atoms. The van der Waals surface area contributed by atoms with E-state index < -0.39 is 60.2 Å². The second-order valence-corrected chi connectivity index (χ2v) is 13.2. The summed E-state index contributed by atoms with van der Waals surface area (Å²) in [5, 5.41) is 18.3. The number of amides is 5. The van der Waals surface area contributed by atoms with Gasteiger partial charge in [0.2, 0.25) is 23.6 Å². The topological polar surface area (TPSA) is 188 Å². The first-order chi connectivity index (χ1) is 23.2. The van der Waals surface area contributed by atoms with Crippen molar-refractivity contribution in [2.24, 2.45) is 11.8 Å². The molecule has 1 aromatic carbocycles. The molecule has 1 aliphatic rings. The number of H-pyrrole nitrogens is 1. The Labute approximate surface area is 286 Å². The number of ether oxygens (including phenoxy) is 1. The van der Waals surface area contributed by atoms with Gasteiger partial charge in [0.1, 0.15) is 35.3 Å². The molecular weight excluding hydrogens is 630 g/mol.